The molecule has 0 N–H and O–H groups in total. The molecule has 33 heavy (non-hydrogen) atoms. The van der Waals surface area contributed by atoms with E-state index >= 15 is 0 Å². The maximum Gasteiger partial charge on any atom is 0.298 e. The van der Waals surface area contributed by atoms with Gasteiger partial charge in [-0.05, 0) is 55.1 Å². The third kappa shape index (κ3) is 3.96. The second kappa shape index (κ2) is 8.54. The van der Waals surface area contributed by atoms with E-state index in [2.05, 4.69) is 0 Å². The van der Waals surface area contributed by atoms with E-state index in [1.807, 2.05) is 54.1 Å². The predicted octanol–water partition coefficient (Wildman–Crippen LogP) is 7.03. The van der Waals surface area contributed by atoms with Crippen LogP contribution in [0.5, 0.6) is 0 Å². The molecule has 1 fully saturated rings. The number of carbonyl (C=O) groups is 2. The Kier molecular flexibility index (Phi) is 5.56. The average Bonchev–Trinajstić information content (AvgIpc) is 3.28. The molecule has 0 radical (unpaired) electrons. The average molecular weight is 477 g/mol. The van der Waals surface area contributed by atoms with Crippen molar-refractivity contribution in [2.24, 2.45) is 0 Å². The lowest BCUT2D eigenvalue weighted by Crippen LogP contribution is -2.27. The van der Waals surface area contributed by atoms with E-state index in [9.17, 15) is 14.0 Å². The van der Waals surface area contributed by atoms with Gasteiger partial charge in [0.2, 0.25) is 0 Å². The number of rotatable bonds is 4. The quantitative estimate of drug-likeness (QED) is 0.297. The summed E-state index contributed by atoms with van der Waals surface area (Å²) < 4.78 is 16.3. The van der Waals surface area contributed by atoms with Crippen molar-refractivity contribution in [1.29, 1.82) is 0 Å². The minimum Gasteiger partial charge on any atom is -0.342 e. The number of hydrogen-bond donors (Lipinski definition) is 0. The van der Waals surface area contributed by atoms with Gasteiger partial charge in [0.25, 0.3) is 11.1 Å². The van der Waals surface area contributed by atoms with Crippen LogP contribution in [-0.2, 0) is 11.3 Å². The summed E-state index contributed by atoms with van der Waals surface area (Å²) >= 11 is 7.15. The summed E-state index contributed by atoms with van der Waals surface area (Å²) in [6.07, 6.45) is 3.58. The fourth-order valence-electron chi connectivity index (χ4n) is 3.90. The summed E-state index contributed by atoms with van der Waals surface area (Å²) in [5.74, 6) is -0.733. The molecule has 1 aliphatic rings. The number of aromatic nitrogens is 1. The zero-order valence-electron chi connectivity index (χ0n) is 17.6. The number of halogens is 2. The van der Waals surface area contributed by atoms with Crippen LogP contribution in [0, 0.1) is 12.7 Å². The molecule has 0 unspecified atom stereocenters. The largest absolute Gasteiger partial charge is 0.342 e. The molecule has 0 atom stereocenters. The summed E-state index contributed by atoms with van der Waals surface area (Å²) in [5.41, 5.74) is 3.63. The molecule has 1 saturated heterocycles. The second-order valence-corrected chi connectivity index (χ2v) is 9.18. The van der Waals surface area contributed by atoms with Gasteiger partial charge < -0.3 is 4.57 Å². The highest BCUT2D eigenvalue weighted by Crippen LogP contribution is 2.37. The van der Waals surface area contributed by atoms with Gasteiger partial charge in [-0.2, -0.15) is 0 Å². The Balaban J connectivity index is 1.54. The number of hydrogen-bond acceptors (Lipinski definition) is 3. The number of benzene rings is 3. The summed E-state index contributed by atoms with van der Waals surface area (Å²) in [5, 5.41) is 0.914. The number of nitrogens with zero attached hydrogens (tertiary/aromatic N) is 2. The fourth-order valence-corrected chi connectivity index (χ4v) is 4.96. The van der Waals surface area contributed by atoms with Crippen molar-refractivity contribution in [2.45, 2.75) is 13.5 Å². The first-order chi connectivity index (χ1) is 15.9. The van der Waals surface area contributed by atoms with Gasteiger partial charge in [-0.3, -0.25) is 9.59 Å². The van der Waals surface area contributed by atoms with E-state index < -0.39 is 0 Å². The number of amides is 2. The van der Waals surface area contributed by atoms with Gasteiger partial charge >= 0.3 is 0 Å². The highest BCUT2D eigenvalue weighted by atomic mass is 35.5. The Hall–Kier alpha value is -3.35. The molecule has 0 saturated carbocycles. The number of anilines is 1. The van der Waals surface area contributed by atoms with Gasteiger partial charge in [0.05, 0.1) is 17.1 Å². The first-order valence-electron chi connectivity index (χ1n) is 10.3. The van der Waals surface area contributed by atoms with Gasteiger partial charge in [-0.25, -0.2) is 9.29 Å². The van der Waals surface area contributed by atoms with Gasteiger partial charge in [-0.1, -0.05) is 53.6 Å². The van der Waals surface area contributed by atoms with E-state index in [1.54, 1.807) is 30.3 Å². The van der Waals surface area contributed by atoms with Crippen molar-refractivity contribution in [2.75, 3.05) is 4.90 Å². The van der Waals surface area contributed by atoms with E-state index in [4.69, 9.17) is 11.6 Å². The molecule has 0 spiro atoms. The Morgan fingerprint density at radius 1 is 1.00 bits per heavy atom. The van der Waals surface area contributed by atoms with Crippen LogP contribution in [0.3, 0.4) is 0 Å². The van der Waals surface area contributed by atoms with Crippen LogP contribution in [-0.4, -0.2) is 15.7 Å². The lowest BCUT2D eigenvalue weighted by Gasteiger charge is -2.12. The lowest BCUT2D eigenvalue weighted by molar-refractivity contribution is -0.113. The topological polar surface area (TPSA) is 42.3 Å². The second-order valence-electron chi connectivity index (χ2n) is 7.78. The molecule has 0 bridgehead atoms. The Labute approximate surface area is 199 Å². The number of carbonyl (C=O) groups excluding carboxylic acids is 2. The van der Waals surface area contributed by atoms with E-state index in [-0.39, 0.29) is 23.5 Å². The molecule has 1 aromatic heterocycles. The maximum absolute atomic E-state index is 14.4. The predicted molar refractivity (Wildman–Crippen MR) is 132 cm³/mol. The van der Waals surface area contributed by atoms with Gasteiger partial charge in [0, 0.05) is 33.2 Å². The number of para-hydroxylation sites is 1. The Morgan fingerprint density at radius 2 is 1.76 bits per heavy atom. The molecular formula is C26H18ClFN2O2S. The van der Waals surface area contributed by atoms with E-state index in [0.717, 1.165) is 33.8 Å². The smallest absolute Gasteiger partial charge is 0.298 e. The van der Waals surface area contributed by atoms with Crippen LogP contribution in [0.2, 0.25) is 5.02 Å². The minimum absolute atomic E-state index is 0.241. The van der Waals surface area contributed by atoms with Crippen LogP contribution in [0.4, 0.5) is 14.9 Å². The summed E-state index contributed by atoms with van der Waals surface area (Å²) in [4.78, 5) is 27.2. The first kappa shape index (κ1) is 21.5. The molecule has 1 aliphatic heterocycles. The highest BCUT2D eigenvalue weighted by Gasteiger charge is 2.36. The fraction of sp³-hybridized carbons (Fsp3) is 0.0769. The third-order valence-electron chi connectivity index (χ3n) is 5.58. The molecule has 2 amide bonds. The normalized spacial score (nSPS) is 15.2. The number of fused-ring (bicyclic) bond motifs is 1. The lowest BCUT2D eigenvalue weighted by atomic mass is 10.1. The molecule has 4 aromatic rings. The molecule has 2 heterocycles. The molecule has 0 aliphatic carbocycles. The summed E-state index contributed by atoms with van der Waals surface area (Å²) in [6.45, 7) is 2.19. The third-order valence-corrected chi connectivity index (χ3v) is 6.81. The zero-order chi connectivity index (χ0) is 23.1. The minimum atomic E-state index is -0.374. The van der Waals surface area contributed by atoms with Crippen molar-refractivity contribution >= 4 is 57.2 Å². The van der Waals surface area contributed by atoms with Crippen LogP contribution < -0.4 is 4.90 Å². The monoisotopic (exact) mass is 476 g/mol. The van der Waals surface area contributed by atoms with Crippen molar-refractivity contribution in [1.82, 2.24) is 4.57 Å². The maximum atomic E-state index is 14.4. The molecule has 4 nitrogen and oxygen atoms in total. The number of imide groups is 1. The highest BCUT2D eigenvalue weighted by molar-refractivity contribution is 8.19. The van der Waals surface area contributed by atoms with Crippen molar-refractivity contribution in [3.05, 3.63) is 105 Å². The Morgan fingerprint density at radius 3 is 2.52 bits per heavy atom. The molecule has 3 aromatic carbocycles. The molecular weight excluding hydrogens is 459 g/mol. The van der Waals surface area contributed by atoms with Gasteiger partial charge in [-0.15, -0.1) is 0 Å². The van der Waals surface area contributed by atoms with Crippen molar-refractivity contribution in [3.8, 4) is 0 Å². The van der Waals surface area contributed by atoms with Crippen LogP contribution >= 0.6 is 23.4 Å². The standard InChI is InChI=1S/C26H18ClFN2O2S/c1-16-9-11-18(12-10-16)30-25(31)24(33-26(30)32)13-17-14-29(23-8-3-2-5-19(17)23)15-20-21(27)6-4-7-22(20)28/h2-14H,15H2,1H3/b24-13-. The first-order valence-corrected chi connectivity index (χ1v) is 11.5. The number of aryl methyl sites for hydroxylation is 1. The number of thioether (sulfide) groups is 1. The Bertz CT molecular complexity index is 1420. The van der Waals surface area contributed by atoms with Crippen LogP contribution in [0.25, 0.3) is 17.0 Å². The van der Waals surface area contributed by atoms with E-state index in [0.29, 0.717) is 21.2 Å². The zero-order valence-corrected chi connectivity index (χ0v) is 19.2. The summed E-state index contributed by atoms with van der Waals surface area (Å²) in [6, 6.07) is 19.5. The SMILES string of the molecule is Cc1ccc(N2C(=O)S/C(=C\c3cn(Cc4c(F)cccc4Cl)c4ccccc34)C2=O)cc1. The van der Waals surface area contributed by atoms with Crippen molar-refractivity contribution < 1.29 is 14.0 Å². The molecule has 5 rings (SSSR count). The van der Waals surface area contributed by atoms with Crippen LogP contribution in [0.1, 0.15) is 16.7 Å². The van der Waals surface area contributed by atoms with Gasteiger partial charge in [0.15, 0.2) is 0 Å². The molecule has 164 valence electrons. The molecule has 7 heteroatoms. The van der Waals surface area contributed by atoms with E-state index in [1.165, 1.54) is 11.0 Å². The van der Waals surface area contributed by atoms with Gasteiger partial charge in [0.1, 0.15) is 5.82 Å². The van der Waals surface area contributed by atoms with Crippen LogP contribution in [0.15, 0.2) is 77.8 Å². The van der Waals surface area contributed by atoms with Crippen molar-refractivity contribution in [3.63, 3.8) is 0 Å². The summed E-state index contributed by atoms with van der Waals surface area (Å²) in [7, 11) is 0.